The Bertz CT molecular complexity index is 365. The number of aliphatic hydroxyl groups excluding tert-OH is 1. The quantitative estimate of drug-likeness (QED) is 0.681. The summed E-state index contributed by atoms with van der Waals surface area (Å²) in [6.45, 7) is -0.695. The normalized spacial score (nSPS) is 11.6. The van der Waals surface area contributed by atoms with Crippen LogP contribution in [-0.4, -0.2) is 34.9 Å². The van der Waals surface area contributed by atoms with Crippen LogP contribution < -0.4 is 10.1 Å². The van der Waals surface area contributed by atoms with Crippen molar-refractivity contribution in [2.45, 2.75) is 6.04 Å². The van der Waals surface area contributed by atoms with Crippen LogP contribution in [0.2, 0.25) is 0 Å². The number of amides is 1. The lowest BCUT2D eigenvalue weighted by Crippen LogP contribution is -2.44. The standard InChI is InChI=1S/C10H11NO5/c12-6-8(9(13)14)11-10(15)16-7-4-2-1-3-5-7/h1-5,8,12H,6H2,(H,11,15)(H,13,14). The summed E-state index contributed by atoms with van der Waals surface area (Å²) in [6.07, 6.45) is -0.923. The molecule has 0 aromatic heterocycles. The summed E-state index contributed by atoms with van der Waals surface area (Å²) >= 11 is 0. The minimum atomic E-state index is -1.36. The van der Waals surface area contributed by atoms with E-state index in [9.17, 15) is 9.59 Å². The number of carboxylic acid groups (broad SMARTS) is 1. The predicted octanol–water partition coefficient (Wildman–Crippen LogP) is 0.220. The lowest BCUT2D eigenvalue weighted by molar-refractivity contribution is -0.140. The van der Waals surface area contributed by atoms with Crippen molar-refractivity contribution in [3.63, 3.8) is 0 Å². The zero-order valence-corrected chi connectivity index (χ0v) is 8.29. The van der Waals surface area contributed by atoms with Crippen molar-refractivity contribution in [1.82, 2.24) is 5.32 Å². The van der Waals surface area contributed by atoms with Crippen molar-refractivity contribution in [3.05, 3.63) is 30.3 Å². The number of carbonyl (C=O) groups excluding carboxylic acids is 1. The van der Waals surface area contributed by atoms with Gasteiger partial charge in [-0.05, 0) is 12.1 Å². The van der Waals surface area contributed by atoms with Gasteiger partial charge < -0.3 is 20.3 Å². The van der Waals surface area contributed by atoms with Crippen molar-refractivity contribution in [3.8, 4) is 5.75 Å². The van der Waals surface area contributed by atoms with Gasteiger partial charge in [-0.2, -0.15) is 0 Å². The summed E-state index contributed by atoms with van der Waals surface area (Å²) in [6, 6.07) is 6.82. The second-order valence-electron chi connectivity index (χ2n) is 2.92. The van der Waals surface area contributed by atoms with Gasteiger partial charge in [-0.25, -0.2) is 9.59 Å². The zero-order valence-electron chi connectivity index (χ0n) is 8.29. The largest absolute Gasteiger partial charge is 0.480 e. The Morgan fingerprint density at radius 3 is 2.44 bits per heavy atom. The molecular formula is C10H11NO5. The van der Waals surface area contributed by atoms with Gasteiger partial charge in [-0.3, -0.25) is 0 Å². The van der Waals surface area contributed by atoms with Gasteiger partial charge >= 0.3 is 12.1 Å². The lowest BCUT2D eigenvalue weighted by atomic mass is 10.3. The Morgan fingerprint density at radius 1 is 1.31 bits per heavy atom. The molecule has 1 atom stereocenters. The van der Waals surface area contributed by atoms with Crippen molar-refractivity contribution >= 4 is 12.1 Å². The van der Waals surface area contributed by atoms with E-state index in [1.165, 1.54) is 0 Å². The van der Waals surface area contributed by atoms with Gasteiger partial charge in [0.15, 0.2) is 6.04 Å². The van der Waals surface area contributed by atoms with Gasteiger partial charge in [0, 0.05) is 0 Å². The van der Waals surface area contributed by atoms with Crippen molar-refractivity contribution in [1.29, 1.82) is 0 Å². The molecule has 1 unspecified atom stereocenters. The zero-order chi connectivity index (χ0) is 12.0. The smallest absolute Gasteiger partial charge is 0.413 e. The number of hydrogen-bond donors (Lipinski definition) is 3. The van der Waals surface area contributed by atoms with E-state index in [2.05, 4.69) is 0 Å². The van der Waals surface area contributed by atoms with Gasteiger partial charge in [-0.15, -0.1) is 0 Å². The maximum absolute atomic E-state index is 11.2. The highest BCUT2D eigenvalue weighted by Crippen LogP contribution is 2.08. The monoisotopic (exact) mass is 225 g/mol. The number of carboxylic acids is 1. The van der Waals surface area contributed by atoms with Crippen LogP contribution >= 0.6 is 0 Å². The van der Waals surface area contributed by atoms with Crippen LogP contribution in [0.5, 0.6) is 5.75 Å². The molecule has 1 aromatic rings. The third-order valence-corrected chi connectivity index (χ3v) is 1.73. The molecule has 0 saturated carbocycles. The average Bonchev–Trinajstić information content (AvgIpc) is 2.27. The highest BCUT2D eigenvalue weighted by Gasteiger charge is 2.19. The maximum atomic E-state index is 11.2. The molecule has 6 nitrogen and oxygen atoms in total. The number of benzene rings is 1. The molecule has 1 aromatic carbocycles. The molecule has 0 saturated heterocycles. The van der Waals surface area contributed by atoms with E-state index in [0.717, 1.165) is 0 Å². The van der Waals surface area contributed by atoms with Gasteiger partial charge in [-0.1, -0.05) is 18.2 Å². The molecule has 1 rings (SSSR count). The average molecular weight is 225 g/mol. The SMILES string of the molecule is O=C(NC(CO)C(=O)O)Oc1ccccc1. The number of hydrogen-bond acceptors (Lipinski definition) is 4. The molecule has 1 amide bonds. The third-order valence-electron chi connectivity index (χ3n) is 1.73. The number of carbonyl (C=O) groups is 2. The van der Waals surface area contributed by atoms with E-state index >= 15 is 0 Å². The fraction of sp³-hybridized carbons (Fsp3) is 0.200. The van der Waals surface area contributed by atoms with Crippen LogP contribution in [0.4, 0.5) is 4.79 Å². The fourth-order valence-corrected chi connectivity index (χ4v) is 0.953. The summed E-state index contributed by atoms with van der Waals surface area (Å²) in [5, 5.41) is 19.2. The summed E-state index contributed by atoms with van der Waals surface area (Å²) < 4.78 is 4.77. The molecular weight excluding hydrogens is 214 g/mol. The molecule has 0 heterocycles. The highest BCUT2D eigenvalue weighted by atomic mass is 16.6. The molecule has 0 bridgehead atoms. The first-order valence-corrected chi connectivity index (χ1v) is 4.50. The molecule has 0 aliphatic carbocycles. The topological polar surface area (TPSA) is 95.9 Å². The number of para-hydroxylation sites is 1. The van der Waals surface area contributed by atoms with E-state index in [1.54, 1.807) is 30.3 Å². The number of aliphatic hydroxyl groups is 1. The van der Waals surface area contributed by atoms with Crippen LogP contribution in [0.1, 0.15) is 0 Å². The van der Waals surface area contributed by atoms with Crippen LogP contribution in [0.15, 0.2) is 30.3 Å². The molecule has 0 fully saturated rings. The second-order valence-corrected chi connectivity index (χ2v) is 2.92. The van der Waals surface area contributed by atoms with Crippen LogP contribution in [-0.2, 0) is 4.79 Å². The Morgan fingerprint density at radius 2 is 1.94 bits per heavy atom. The van der Waals surface area contributed by atoms with E-state index < -0.39 is 24.7 Å². The Kier molecular flexibility index (Phi) is 4.28. The van der Waals surface area contributed by atoms with E-state index in [1.807, 2.05) is 5.32 Å². The fourth-order valence-electron chi connectivity index (χ4n) is 0.953. The summed E-state index contributed by atoms with van der Waals surface area (Å²) in [5.41, 5.74) is 0. The number of rotatable bonds is 4. The van der Waals surface area contributed by atoms with Crippen molar-refractivity contribution < 1.29 is 24.5 Å². The van der Waals surface area contributed by atoms with E-state index in [4.69, 9.17) is 14.9 Å². The Hall–Kier alpha value is -2.08. The minimum Gasteiger partial charge on any atom is -0.480 e. The molecule has 0 spiro atoms. The minimum absolute atomic E-state index is 0.294. The van der Waals surface area contributed by atoms with Crippen molar-refractivity contribution in [2.24, 2.45) is 0 Å². The summed E-state index contributed by atoms with van der Waals surface area (Å²) in [5.74, 6) is -1.03. The first-order chi connectivity index (χ1) is 7.63. The second kappa shape index (κ2) is 5.72. The molecule has 86 valence electrons. The van der Waals surface area contributed by atoms with Crippen molar-refractivity contribution in [2.75, 3.05) is 6.61 Å². The summed E-state index contributed by atoms with van der Waals surface area (Å²) in [7, 11) is 0. The van der Waals surface area contributed by atoms with Gasteiger partial charge in [0.1, 0.15) is 5.75 Å². The molecule has 16 heavy (non-hydrogen) atoms. The van der Waals surface area contributed by atoms with Gasteiger partial charge in [0.05, 0.1) is 6.61 Å². The number of aliphatic carboxylic acids is 1. The van der Waals surface area contributed by atoms with Gasteiger partial charge in [0.25, 0.3) is 0 Å². The van der Waals surface area contributed by atoms with E-state index in [-0.39, 0.29) is 0 Å². The van der Waals surface area contributed by atoms with Crippen LogP contribution in [0.25, 0.3) is 0 Å². The van der Waals surface area contributed by atoms with E-state index in [0.29, 0.717) is 5.75 Å². The third kappa shape index (κ3) is 3.58. The Balaban J connectivity index is 2.50. The number of ether oxygens (including phenoxy) is 1. The molecule has 0 aliphatic rings. The number of nitrogens with one attached hydrogen (secondary N) is 1. The summed E-state index contributed by atoms with van der Waals surface area (Å²) in [4.78, 5) is 21.7. The molecule has 0 aliphatic heterocycles. The van der Waals surface area contributed by atoms with Crippen LogP contribution in [0.3, 0.4) is 0 Å². The van der Waals surface area contributed by atoms with Gasteiger partial charge in [0.2, 0.25) is 0 Å². The lowest BCUT2D eigenvalue weighted by Gasteiger charge is -2.11. The predicted molar refractivity (Wildman–Crippen MR) is 54.1 cm³/mol. The molecule has 3 N–H and O–H groups in total. The first kappa shape index (κ1) is 12.0. The highest BCUT2D eigenvalue weighted by molar-refractivity contribution is 5.80. The molecule has 0 radical (unpaired) electrons. The first-order valence-electron chi connectivity index (χ1n) is 4.50. The maximum Gasteiger partial charge on any atom is 0.413 e. The molecule has 6 heteroatoms. The Labute approximate surface area is 91.5 Å². The van der Waals surface area contributed by atoms with Crippen LogP contribution in [0, 0.1) is 0 Å².